The quantitative estimate of drug-likeness (QED) is 0.360. The lowest BCUT2D eigenvalue weighted by Crippen LogP contribution is -2.38. The molecule has 0 aromatic carbocycles. The van der Waals surface area contributed by atoms with Gasteiger partial charge in [0.2, 0.25) is 10.6 Å². The van der Waals surface area contributed by atoms with E-state index in [1.165, 1.54) is 0 Å². The zero-order valence-corrected chi connectivity index (χ0v) is 23.8. The lowest BCUT2D eigenvalue weighted by atomic mass is 10.1. The Balaban J connectivity index is 0.000000152. The molecule has 2 aromatic heterocycles. The number of hydrogen-bond acceptors (Lipinski definition) is 10. The summed E-state index contributed by atoms with van der Waals surface area (Å²) >= 11 is 10.4. The van der Waals surface area contributed by atoms with Gasteiger partial charge in [-0.1, -0.05) is 0 Å². The van der Waals surface area contributed by atoms with Crippen LogP contribution in [0.25, 0.3) is 0 Å². The maximum atomic E-state index is 10.2. The Morgan fingerprint density at radius 2 is 1.35 bits per heavy atom. The van der Waals surface area contributed by atoms with Crippen LogP contribution in [0, 0.1) is 0 Å². The lowest BCUT2D eigenvalue weighted by Gasteiger charge is -2.31. The Morgan fingerprint density at radius 3 is 2.00 bits per heavy atom. The van der Waals surface area contributed by atoms with Gasteiger partial charge in [0.1, 0.15) is 11.4 Å². The van der Waals surface area contributed by atoms with Crippen LogP contribution in [0.4, 0.5) is 11.6 Å². The van der Waals surface area contributed by atoms with Crippen LogP contribution in [0.3, 0.4) is 0 Å². The summed E-state index contributed by atoms with van der Waals surface area (Å²) in [6.45, 7) is 3.09. The Hall–Kier alpha value is -1.12. The van der Waals surface area contributed by atoms with Gasteiger partial charge in [0.05, 0.1) is 0 Å². The number of fused-ring (bicyclic) bond motifs is 2. The van der Waals surface area contributed by atoms with Gasteiger partial charge in [0, 0.05) is 58.4 Å². The zero-order valence-electron chi connectivity index (χ0n) is 20.7. The van der Waals surface area contributed by atoms with Crippen LogP contribution in [-0.4, -0.2) is 86.1 Å². The number of aryl methyl sites for hydroxylation is 2. The van der Waals surface area contributed by atoms with Crippen LogP contribution in [-0.2, 0) is 44.7 Å². The van der Waals surface area contributed by atoms with Gasteiger partial charge in [-0.2, -0.15) is 19.1 Å². The highest BCUT2D eigenvalue weighted by atomic mass is 35.5. The fraction of sp³-hybridized carbons (Fsp3) is 0.652. The molecule has 2 fully saturated rings. The Kier molecular flexibility index (Phi) is 9.18. The summed E-state index contributed by atoms with van der Waals surface area (Å²) in [5.74, 6) is 2.97. The van der Waals surface area contributed by atoms with Gasteiger partial charge in [0.25, 0.3) is 9.79 Å². The van der Waals surface area contributed by atoms with Crippen LogP contribution >= 0.6 is 23.2 Å². The third kappa shape index (κ3) is 6.38. The second-order valence-corrected chi connectivity index (χ2v) is 13.1. The van der Waals surface area contributed by atoms with E-state index in [1.54, 1.807) is 0 Å². The molecular formula is C23H32Cl2N6O4S2+2. The Morgan fingerprint density at radius 1 is 0.811 bits per heavy atom. The minimum atomic E-state index is -0.749. The number of halogens is 2. The van der Waals surface area contributed by atoms with Crippen LogP contribution in [0.2, 0.25) is 10.6 Å². The van der Waals surface area contributed by atoms with E-state index < -0.39 is 22.4 Å². The topological polar surface area (TPSA) is 126 Å². The van der Waals surface area contributed by atoms with E-state index in [-0.39, 0.29) is 10.6 Å². The summed E-state index contributed by atoms with van der Waals surface area (Å²) < 4.78 is 30.9. The number of hydrogen-bond donors (Lipinski definition) is 3. The SMILES string of the molecule is CN(c1nc(Cl)nc2c1[S+](O)CC2)C1CCOCC1.O[S+]1CCc2nc(Cl)nc(NC3CCOCC3)c21. The molecule has 0 spiro atoms. The number of nitrogens with one attached hydrogen (secondary N) is 1. The van der Waals surface area contributed by atoms with Crippen LogP contribution in [0.1, 0.15) is 37.1 Å². The van der Waals surface area contributed by atoms with Crippen molar-refractivity contribution >= 4 is 57.2 Å². The third-order valence-corrected chi connectivity index (χ3v) is 10.3. The van der Waals surface area contributed by atoms with Crippen LogP contribution in [0.15, 0.2) is 9.79 Å². The number of rotatable bonds is 4. The monoisotopic (exact) mass is 590 g/mol. The Labute approximate surface area is 232 Å². The Bertz CT molecular complexity index is 1110. The van der Waals surface area contributed by atoms with Crippen molar-refractivity contribution in [1.82, 2.24) is 19.9 Å². The average Bonchev–Trinajstić information content (AvgIpc) is 3.46. The number of aromatic nitrogens is 4. The van der Waals surface area contributed by atoms with Gasteiger partial charge in [0.15, 0.2) is 45.5 Å². The van der Waals surface area contributed by atoms with Crippen molar-refractivity contribution in [2.24, 2.45) is 0 Å². The van der Waals surface area contributed by atoms with Crippen LogP contribution in [0.5, 0.6) is 0 Å². The molecule has 3 N–H and O–H groups in total. The molecule has 6 heterocycles. The van der Waals surface area contributed by atoms with Gasteiger partial charge in [-0.15, -0.1) is 0 Å². The van der Waals surface area contributed by atoms with Crippen molar-refractivity contribution in [2.75, 3.05) is 55.2 Å². The van der Waals surface area contributed by atoms with E-state index in [0.717, 1.165) is 103 Å². The fourth-order valence-corrected chi connectivity index (χ4v) is 8.08. The molecule has 0 radical (unpaired) electrons. The molecule has 0 aliphatic carbocycles. The first-order valence-corrected chi connectivity index (χ1v) is 15.9. The van der Waals surface area contributed by atoms with Crippen molar-refractivity contribution in [2.45, 2.75) is 60.4 Å². The molecular weight excluding hydrogens is 559 g/mol. The standard InChI is InChI=1S/C12H17ClN3O2S.C11H15ClN3O2S/c1-16(8-2-5-18-6-3-8)11-10-9(4-7-19(10)17)14-12(13)15-11;12-11-14-8-3-6-18(16)9(8)10(15-11)13-7-1-4-17-5-2-7/h8,17H,2-7H2,1H3;7,16H,1-6H2,(H,13,14,15)/q2*+1. The van der Waals surface area contributed by atoms with E-state index in [1.807, 2.05) is 7.05 Å². The third-order valence-electron chi connectivity index (χ3n) is 6.97. The van der Waals surface area contributed by atoms with E-state index in [4.69, 9.17) is 32.7 Å². The molecule has 0 amide bonds. The van der Waals surface area contributed by atoms with E-state index in [2.05, 4.69) is 30.2 Å². The maximum Gasteiger partial charge on any atom is 0.253 e. The number of ether oxygens (including phenoxy) is 2. The van der Waals surface area contributed by atoms with Crippen molar-refractivity contribution in [3.05, 3.63) is 22.0 Å². The van der Waals surface area contributed by atoms with E-state index >= 15 is 0 Å². The fourth-order valence-electron chi connectivity index (χ4n) is 4.96. The molecule has 0 saturated carbocycles. The summed E-state index contributed by atoms with van der Waals surface area (Å²) in [5.41, 5.74) is 1.79. The minimum absolute atomic E-state index is 0.252. The lowest BCUT2D eigenvalue weighted by molar-refractivity contribution is 0.0852. The number of anilines is 2. The summed E-state index contributed by atoms with van der Waals surface area (Å²) in [7, 11) is 2.02. The molecule has 6 rings (SSSR count). The van der Waals surface area contributed by atoms with Gasteiger partial charge in [-0.05, 0) is 48.9 Å². The molecule has 2 unspecified atom stereocenters. The van der Waals surface area contributed by atoms with Crippen molar-refractivity contribution < 1.29 is 18.6 Å². The average molecular weight is 592 g/mol. The van der Waals surface area contributed by atoms with Crippen molar-refractivity contribution in [3.8, 4) is 0 Å². The van der Waals surface area contributed by atoms with E-state index in [0.29, 0.717) is 17.9 Å². The molecule has 14 heteroatoms. The first-order valence-electron chi connectivity index (χ1n) is 12.5. The second kappa shape index (κ2) is 12.4. The highest BCUT2D eigenvalue weighted by Crippen LogP contribution is 2.35. The number of nitrogens with zero attached hydrogens (tertiary/aromatic N) is 5. The van der Waals surface area contributed by atoms with Crippen LogP contribution < -0.4 is 10.2 Å². The maximum absolute atomic E-state index is 10.2. The molecule has 2 aromatic rings. The highest BCUT2D eigenvalue weighted by Gasteiger charge is 2.40. The summed E-state index contributed by atoms with van der Waals surface area (Å²) in [4.78, 5) is 20.9. The predicted molar refractivity (Wildman–Crippen MR) is 147 cm³/mol. The second-order valence-electron chi connectivity index (χ2n) is 9.33. The molecule has 0 bridgehead atoms. The largest absolute Gasteiger partial charge is 0.381 e. The molecule has 37 heavy (non-hydrogen) atoms. The van der Waals surface area contributed by atoms with Crippen molar-refractivity contribution in [1.29, 1.82) is 0 Å². The predicted octanol–water partition coefficient (Wildman–Crippen LogP) is 3.48. The van der Waals surface area contributed by atoms with Gasteiger partial charge < -0.3 is 19.7 Å². The summed E-state index contributed by atoms with van der Waals surface area (Å²) in [6, 6.07) is 0.729. The normalized spacial score (nSPS) is 23.7. The molecule has 2 saturated heterocycles. The summed E-state index contributed by atoms with van der Waals surface area (Å²) in [5, 5.41) is 3.91. The molecule has 4 aliphatic rings. The smallest absolute Gasteiger partial charge is 0.253 e. The zero-order chi connectivity index (χ0) is 25.9. The molecule has 2 atom stereocenters. The van der Waals surface area contributed by atoms with E-state index in [9.17, 15) is 9.11 Å². The minimum Gasteiger partial charge on any atom is -0.381 e. The first-order chi connectivity index (χ1) is 17.9. The highest BCUT2D eigenvalue weighted by molar-refractivity contribution is 7.92. The summed E-state index contributed by atoms with van der Waals surface area (Å²) in [6.07, 6.45) is 5.43. The van der Waals surface area contributed by atoms with Gasteiger partial charge >= 0.3 is 0 Å². The first kappa shape index (κ1) is 27.4. The van der Waals surface area contributed by atoms with Gasteiger partial charge in [-0.3, -0.25) is 0 Å². The molecule has 202 valence electrons. The molecule has 10 nitrogen and oxygen atoms in total. The van der Waals surface area contributed by atoms with Crippen molar-refractivity contribution in [3.63, 3.8) is 0 Å². The van der Waals surface area contributed by atoms with Gasteiger partial charge in [-0.25, -0.2) is 9.97 Å². The molecule has 4 aliphatic heterocycles.